The second-order valence-corrected chi connectivity index (χ2v) is 5.21. The molecule has 1 atom stereocenters. The zero-order valence-electron chi connectivity index (χ0n) is 12.3. The molecular formula is C17H16N4O2. The first-order valence-corrected chi connectivity index (χ1v) is 7.16. The van der Waals surface area contributed by atoms with Gasteiger partial charge in [0.05, 0.1) is 6.42 Å². The van der Waals surface area contributed by atoms with Crippen LogP contribution in [0.15, 0.2) is 55.0 Å². The number of hydrogen-bond acceptors (Lipinski definition) is 5. The monoisotopic (exact) mass is 308 g/mol. The molecule has 6 nitrogen and oxygen atoms in total. The van der Waals surface area contributed by atoms with Gasteiger partial charge in [-0.15, -0.1) is 0 Å². The molecule has 1 unspecified atom stereocenters. The van der Waals surface area contributed by atoms with Crippen molar-refractivity contribution in [3.8, 4) is 0 Å². The van der Waals surface area contributed by atoms with Gasteiger partial charge in [0.2, 0.25) is 0 Å². The topological polar surface area (TPSA) is 101 Å². The number of fused-ring (bicyclic) bond motifs is 1. The first-order chi connectivity index (χ1) is 11.1. The molecule has 2 aromatic heterocycles. The molecule has 0 aliphatic carbocycles. The standard InChI is InChI=1S/C17H16N4O2/c18-15(9-16(22)23)11-1-3-13(4-2-11)21-17-14-6-7-19-10-12(14)5-8-20-17/h1-8,10,15H,9,18H2,(H,20,21)(H,22,23). The molecule has 2 heterocycles. The van der Waals surface area contributed by atoms with Gasteiger partial charge in [0.15, 0.2) is 0 Å². The molecule has 116 valence electrons. The van der Waals surface area contributed by atoms with Crippen LogP contribution in [0.5, 0.6) is 0 Å². The lowest BCUT2D eigenvalue weighted by Gasteiger charge is -2.12. The molecule has 0 radical (unpaired) electrons. The molecule has 0 spiro atoms. The largest absolute Gasteiger partial charge is 0.481 e. The summed E-state index contributed by atoms with van der Waals surface area (Å²) in [7, 11) is 0. The summed E-state index contributed by atoms with van der Waals surface area (Å²) in [5.74, 6) is -0.166. The Kier molecular flexibility index (Phi) is 4.16. The molecule has 0 aliphatic heterocycles. The first-order valence-electron chi connectivity index (χ1n) is 7.16. The van der Waals surface area contributed by atoms with E-state index in [0.29, 0.717) is 0 Å². The molecule has 6 heteroatoms. The van der Waals surface area contributed by atoms with Gasteiger partial charge in [0.1, 0.15) is 5.82 Å². The number of benzene rings is 1. The molecule has 0 bridgehead atoms. The van der Waals surface area contributed by atoms with Gasteiger partial charge in [-0.1, -0.05) is 12.1 Å². The third kappa shape index (κ3) is 3.44. The van der Waals surface area contributed by atoms with Crippen LogP contribution in [0.3, 0.4) is 0 Å². The molecule has 0 aliphatic rings. The van der Waals surface area contributed by atoms with Crippen LogP contribution < -0.4 is 11.1 Å². The third-order valence-corrected chi connectivity index (χ3v) is 3.56. The lowest BCUT2D eigenvalue weighted by atomic mass is 10.0. The molecule has 3 rings (SSSR count). The van der Waals surface area contributed by atoms with Crippen molar-refractivity contribution >= 4 is 28.2 Å². The molecular weight excluding hydrogens is 292 g/mol. The van der Waals surface area contributed by atoms with Crippen LogP contribution >= 0.6 is 0 Å². The number of rotatable bonds is 5. The summed E-state index contributed by atoms with van der Waals surface area (Å²) >= 11 is 0. The van der Waals surface area contributed by atoms with E-state index in [2.05, 4.69) is 15.3 Å². The van der Waals surface area contributed by atoms with Crippen LogP contribution in [-0.4, -0.2) is 21.0 Å². The fraction of sp³-hybridized carbons (Fsp3) is 0.118. The number of carboxylic acid groups (broad SMARTS) is 1. The van der Waals surface area contributed by atoms with Crippen molar-refractivity contribution in [2.45, 2.75) is 12.5 Å². The maximum absolute atomic E-state index is 10.7. The Morgan fingerprint density at radius 3 is 2.70 bits per heavy atom. The highest BCUT2D eigenvalue weighted by atomic mass is 16.4. The Balaban J connectivity index is 1.81. The number of carbonyl (C=O) groups is 1. The second-order valence-electron chi connectivity index (χ2n) is 5.21. The van der Waals surface area contributed by atoms with Gasteiger partial charge in [-0.25, -0.2) is 4.98 Å². The van der Waals surface area contributed by atoms with Crippen LogP contribution in [0.4, 0.5) is 11.5 Å². The SMILES string of the molecule is NC(CC(=O)O)c1ccc(Nc2nccc3cnccc23)cc1. The quantitative estimate of drug-likeness (QED) is 0.670. The van der Waals surface area contributed by atoms with Crippen molar-refractivity contribution in [1.29, 1.82) is 0 Å². The van der Waals surface area contributed by atoms with Gasteiger partial charge in [-0.3, -0.25) is 9.78 Å². The number of hydrogen-bond donors (Lipinski definition) is 3. The maximum Gasteiger partial charge on any atom is 0.305 e. The average molecular weight is 308 g/mol. The van der Waals surface area contributed by atoms with Crippen molar-refractivity contribution in [1.82, 2.24) is 9.97 Å². The fourth-order valence-corrected chi connectivity index (χ4v) is 2.37. The van der Waals surface area contributed by atoms with Gasteiger partial charge >= 0.3 is 5.97 Å². The number of aliphatic carboxylic acids is 1. The number of aromatic nitrogens is 2. The van der Waals surface area contributed by atoms with Crippen molar-refractivity contribution in [3.05, 3.63) is 60.6 Å². The normalized spacial score (nSPS) is 12.0. The van der Waals surface area contributed by atoms with Crippen molar-refractivity contribution in [2.75, 3.05) is 5.32 Å². The molecule has 0 saturated heterocycles. The van der Waals surface area contributed by atoms with Crippen molar-refractivity contribution in [3.63, 3.8) is 0 Å². The Hall–Kier alpha value is -2.99. The highest BCUT2D eigenvalue weighted by molar-refractivity contribution is 5.92. The Labute approximate surface area is 133 Å². The van der Waals surface area contributed by atoms with Gasteiger partial charge in [-0.2, -0.15) is 0 Å². The summed E-state index contributed by atoms with van der Waals surface area (Å²) < 4.78 is 0. The average Bonchev–Trinajstić information content (AvgIpc) is 2.55. The maximum atomic E-state index is 10.7. The lowest BCUT2D eigenvalue weighted by molar-refractivity contribution is -0.137. The summed E-state index contributed by atoms with van der Waals surface area (Å²) in [5, 5.41) is 14.0. The number of carboxylic acids is 1. The number of pyridine rings is 2. The number of nitrogens with one attached hydrogen (secondary N) is 1. The van der Waals surface area contributed by atoms with Crippen LogP contribution in [0, 0.1) is 0 Å². The predicted molar refractivity (Wildman–Crippen MR) is 88.4 cm³/mol. The number of nitrogens with two attached hydrogens (primary N) is 1. The van der Waals surface area contributed by atoms with E-state index in [9.17, 15) is 4.79 Å². The fourth-order valence-electron chi connectivity index (χ4n) is 2.37. The minimum Gasteiger partial charge on any atom is -0.481 e. The smallest absolute Gasteiger partial charge is 0.305 e. The Morgan fingerprint density at radius 2 is 1.96 bits per heavy atom. The van der Waals surface area contributed by atoms with E-state index in [1.807, 2.05) is 36.4 Å². The summed E-state index contributed by atoms with van der Waals surface area (Å²) in [6.07, 6.45) is 5.15. The summed E-state index contributed by atoms with van der Waals surface area (Å²) in [4.78, 5) is 19.2. The highest BCUT2D eigenvalue weighted by Crippen LogP contribution is 2.24. The van der Waals surface area contributed by atoms with Gasteiger partial charge < -0.3 is 16.2 Å². The zero-order chi connectivity index (χ0) is 16.2. The minimum absolute atomic E-state index is 0.0926. The molecule has 0 fully saturated rings. The molecule has 0 amide bonds. The lowest BCUT2D eigenvalue weighted by Crippen LogP contribution is -2.14. The van der Waals surface area contributed by atoms with E-state index in [1.54, 1.807) is 18.6 Å². The predicted octanol–water partition coefficient (Wildman–Crippen LogP) is 2.85. The van der Waals surface area contributed by atoms with Crippen molar-refractivity contribution < 1.29 is 9.90 Å². The van der Waals surface area contributed by atoms with Crippen LogP contribution in [0.2, 0.25) is 0 Å². The molecule has 23 heavy (non-hydrogen) atoms. The van der Waals surface area contributed by atoms with Crippen molar-refractivity contribution in [2.24, 2.45) is 5.73 Å². The summed E-state index contributed by atoms with van der Waals surface area (Å²) in [6.45, 7) is 0. The zero-order valence-corrected chi connectivity index (χ0v) is 12.3. The Bertz CT molecular complexity index is 828. The van der Waals surface area contributed by atoms with E-state index in [0.717, 1.165) is 27.8 Å². The molecule has 0 saturated carbocycles. The van der Waals surface area contributed by atoms with Crippen LogP contribution in [-0.2, 0) is 4.79 Å². The van der Waals surface area contributed by atoms with E-state index in [1.165, 1.54) is 0 Å². The summed E-state index contributed by atoms with van der Waals surface area (Å²) in [5.41, 5.74) is 7.49. The van der Waals surface area contributed by atoms with Gasteiger partial charge in [0.25, 0.3) is 0 Å². The van der Waals surface area contributed by atoms with Crippen LogP contribution in [0.1, 0.15) is 18.0 Å². The van der Waals surface area contributed by atoms with E-state index in [-0.39, 0.29) is 6.42 Å². The number of anilines is 2. The first kappa shape index (κ1) is 14.9. The van der Waals surface area contributed by atoms with Gasteiger partial charge in [-0.05, 0) is 29.8 Å². The minimum atomic E-state index is -0.909. The second kappa shape index (κ2) is 6.41. The van der Waals surface area contributed by atoms with E-state index >= 15 is 0 Å². The third-order valence-electron chi connectivity index (χ3n) is 3.56. The van der Waals surface area contributed by atoms with E-state index < -0.39 is 12.0 Å². The Morgan fingerprint density at radius 1 is 1.17 bits per heavy atom. The van der Waals surface area contributed by atoms with Gasteiger partial charge in [0, 0.05) is 41.1 Å². The summed E-state index contributed by atoms with van der Waals surface area (Å²) in [6, 6.07) is 10.7. The van der Waals surface area contributed by atoms with Crippen LogP contribution in [0.25, 0.3) is 10.8 Å². The number of nitrogens with zero attached hydrogens (tertiary/aromatic N) is 2. The highest BCUT2D eigenvalue weighted by Gasteiger charge is 2.10. The molecule has 4 N–H and O–H groups in total. The van der Waals surface area contributed by atoms with E-state index in [4.69, 9.17) is 10.8 Å². The molecule has 3 aromatic rings. The molecule has 1 aromatic carbocycles.